The summed E-state index contributed by atoms with van der Waals surface area (Å²) in [6.07, 6.45) is 2.18. The Balaban J connectivity index is 2.59. The first kappa shape index (κ1) is 9.06. The van der Waals surface area contributed by atoms with E-state index in [1.807, 2.05) is 19.9 Å². The molecule has 0 atom stereocenters. The zero-order chi connectivity index (χ0) is 8.97. The summed E-state index contributed by atoms with van der Waals surface area (Å²) >= 11 is 1.41. The number of hydrogen-bond donors (Lipinski definition) is 0. The molecule has 12 heavy (non-hydrogen) atoms. The molecule has 0 saturated carbocycles. The van der Waals surface area contributed by atoms with Gasteiger partial charge in [0.25, 0.3) is 0 Å². The lowest BCUT2D eigenvalue weighted by molar-refractivity contribution is -0.114. The highest BCUT2D eigenvalue weighted by atomic mass is 32.1. The van der Waals surface area contributed by atoms with E-state index in [1.165, 1.54) is 11.3 Å². The van der Waals surface area contributed by atoms with E-state index in [9.17, 15) is 4.79 Å². The summed E-state index contributed by atoms with van der Waals surface area (Å²) in [6, 6.07) is 0. The number of ketones is 1. The van der Waals surface area contributed by atoms with Crippen LogP contribution in [0.15, 0.2) is 17.2 Å². The molecule has 0 aliphatic heterocycles. The lowest BCUT2D eigenvalue weighted by Gasteiger charge is -1.94. The van der Waals surface area contributed by atoms with Gasteiger partial charge < -0.3 is 0 Å². The molecule has 0 aliphatic rings. The second-order valence-corrected chi connectivity index (χ2v) is 3.32. The lowest BCUT2D eigenvalue weighted by atomic mass is 10.1. The van der Waals surface area contributed by atoms with Crippen LogP contribution >= 0.6 is 11.3 Å². The Hall–Kier alpha value is -1.03. The fourth-order valence-corrected chi connectivity index (χ4v) is 1.24. The molecule has 0 bridgehead atoms. The number of hydrogen-bond acceptors (Lipinski definition) is 4. The molecule has 0 unspecified atom stereocenters. The van der Waals surface area contributed by atoms with E-state index in [2.05, 4.69) is 10.2 Å². The average Bonchev–Trinajstić information content (AvgIpc) is 2.55. The molecule has 0 radical (unpaired) electrons. The summed E-state index contributed by atoms with van der Waals surface area (Å²) in [5.41, 5.74) is 2.42. The first-order chi connectivity index (χ1) is 5.74. The molecule has 64 valence electrons. The van der Waals surface area contributed by atoms with Crippen molar-refractivity contribution in [1.82, 2.24) is 10.2 Å². The van der Waals surface area contributed by atoms with E-state index < -0.39 is 0 Å². The first-order valence-corrected chi connectivity index (χ1v) is 4.53. The van der Waals surface area contributed by atoms with Crippen LogP contribution in [0.25, 0.3) is 0 Å². The van der Waals surface area contributed by atoms with Gasteiger partial charge in [0.15, 0.2) is 5.78 Å². The van der Waals surface area contributed by atoms with Crippen molar-refractivity contribution in [1.29, 1.82) is 0 Å². The average molecular weight is 182 g/mol. The highest BCUT2D eigenvalue weighted by molar-refractivity contribution is 7.09. The van der Waals surface area contributed by atoms with Crippen molar-refractivity contribution in [3.63, 3.8) is 0 Å². The topological polar surface area (TPSA) is 42.9 Å². The van der Waals surface area contributed by atoms with Crippen LogP contribution in [-0.2, 0) is 11.2 Å². The lowest BCUT2D eigenvalue weighted by Crippen LogP contribution is -2.03. The van der Waals surface area contributed by atoms with Crippen LogP contribution in [0.4, 0.5) is 0 Å². The van der Waals surface area contributed by atoms with Crippen LogP contribution in [0.5, 0.6) is 0 Å². The Bertz CT molecular complexity index is 290. The fraction of sp³-hybridized carbons (Fsp3) is 0.375. The zero-order valence-corrected chi connectivity index (χ0v) is 7.89. The van der Waals surface area contributed by atoms with E-state index in [-0.39, 0.29) is 5.78 Å². The van der Waals surface area contributed by atoms with Crippen molar-refractivity contribution in [2.45, 2.75) is 20.3 Å². The number of aromatic nitrogens is 2. The quantitative estimate of drug-likeness (QED) is 0.667. The normalized spacial score (nSPS) is 11.7. The Morgan fingerprint density at radius 1 is 1.75 bits per heavy atom. The number of carbonyl (C=O) groups is 1. The first-order valence-electron chi connectivity index (χ1n) is 3.65. The SMILES string of the molecule is C/C=C(\C)C(=O)Cc1nncs1. The van der Waals surface area contributed by atoms with E-state index >= 15 is 0 Å². The van der Waals surface area contributed by atoms with Gasteiger partial charge >= 0.3 is 0 Å². The second kappa shape index (κ2) is 4.11. The third-order valence-corrected chi connectivity index (χ3v) is 2.29. The Labute approximate surface area is 75.1 Å². The number of rotatable bonds is 3. The molecule has 1 aromatic rings. The van der Waals surface area contributed by atoms with E-state index in [1.54, 1.807) is 5.51 Å². The molecule has 0 fully saturated rings. The summed E-state index contributed by atoms with van der Waals surface area (Å²) in [5, 5.41) is 8.23. The van der Waals surface area contributed by atoms with Crippen molar-refractivity contribution in [2.75, 3.05) is 0 Å². The number of carbonyl (C=O) groups excluding carboxylic acids is 1. The molecule has 0 N–H and O–H groups in total. The van der Waals surface area contributed by atoms with Gasteiger partial charge in [-0.3, -0.25) is 4.79 Å². The molecule has 0 aliphatic carbocycles. The van der Waals surface area contributed by atoms with Crippen LogP contribution in [-0.4, -0.2) is 16.0 Å². The molecule has 1 aromatic heterocycles. The monoisotopic (exact) mass is 182 g/mol. The smallest absolute Gasteiger partial charge is 0.165 e. The van der Waals surface area contributed by atoms with Gasteiger partial charge in [-0.2, -0.15) is 0 Å². The third-order valence-electron chi connectivity index (χ3n) is 1.59. The summed E-state index contributed by atoms with van der Waals surface area (Å²) < 4.78 is 0. The summed E-state index contributed by atoms with van der Waals surface area (Å²) in [5.74, 6) is 0.120. The summed E-state index contributed by atoms with van der Waals surface area (Å²) in [4.78, 5) is 11.3. The Kier molecular flexibility index (Phi) is 3.10. The van der Waals surface area contributed by atoms with Crippen LogP contribution in [0, 0.1) is 0 Å². The van der Waals surface area contributed by atoms with Gasteiger partial charge in [0.05, 0.1) is 6.42 Å². The van der Waals surface area contributed by atoms with Crippen molar-refractivity contribution < 1.29 is 4.79 Å². The van der Waals surface area contributed by atoms with Gasteiger partial charge in [-0.25, -0.2) is 0 Å². The molecule has 3 nitrogen and oxygen atoms in total. The maximum atomic E-state index is 11.3. The number of Topliss-reactive ketones (excluding diaryl/α,β-unsaturated/α-hetero) is 1. The van der Waals surface area contributed by atoms with Crippen LogP contribution in [0.1, 0.15) is 18.9 Å². The number of allylic oxidation sites excluding steroid dienone is 2. The molecule has 0 spiro atoms. The molecule has 1 heterocycles. The van der Waals surface area contributed by atoms with Gasteiger partial charge in [0.1, 0.15) is 10.5 Å². The summed E-state index contributed by atoms with van der Waals surface area (Å²) in [7, 11) is 0. The largest absolute Gasteiger partial charge is 0.294 e. The van der Waals surface area contributed by atoms with Crippen molar-refractivity contribution in [2.24, 2.45) is 0 Å². The molecule has 0 amide bonds. The minimum Gasteiger partial charge on any atom is -0.294 e. The highest BCUT2D eigenvalue weighted by Gasteiger charge is 2.06. The van der Waals surface area contributed by atoms with Crippen LogP contribution in [0.3, 0.4) is 0 Å². The zero-order valence-electron chi connectivity index (χ0n) is 7.07. The van der Waals surface area contributed by atoms with E-state index in [0.29, 0.717) is 6.42 Å². The predicted octanol–water partition coefficient (Wildman–Crippen LogP) is 1.62. The van der Waals surface area contributed by atoms with Crippen LogP contribution < -0.4 is 0 Å². The standard InChI is InChI=1S/C8H10N2OS/c1-3-6(2)7(11)4-8-10-9-5-12-8/h3,5H,4H2,1-2H3/b6-3+. The minimum absolute atomic E-state index is 0.120. The fourth-order valence-electron chi connectivity index (χ4n) is 0.711. The second-order valence-electron chi connectivity index (χ2n) is 2.40. The predicted molar refractivity (Wildman–Crippen MR) is 48.1 cm³/mol. The molecule has 0 aromatic carbocycles. The van der Waals surface area contributed by atoms with Crippen LogP contribution in [0.2, 0.25) is 0 Å². The molecule has 0 saturated heterocycles. The maximum absolute atomic E-state index is 11.3. The van der Waals surface area contributed by atoms with E-state index in [0.717, 1.165) is 10.6 Å². The van der Waals surface area contributed by atoms with Gasteiger partial charge in [-0.1, -0.05) is 6.08 Å². The molecule has 4 heteroatoms. The van der Waals surface area contributed by atoms with E-state index in [4.69, 9.17) is 0 Å². The van der Waals surface area contributed by atoms with Crippen molar-refractivity contribution in [3.05, 3.63) is 22.2 Å². The van der Waals surface area contributed by atoms with Gasteiger partial charge in [0.2, 0.25) is 0 Å². The minimum atomic E-state index is 0.120. The van der Waals surface area contributed by atoms with Gasteiger partial charge in [-0.05, 0) is 19.4 Å². The number of nitrogens with zero attached hydrogens (tertiary/aromatic N) is 2. The Morgan fingerprint density at radius 3 is 3.00 bits per heavy atom. The van der Waals surface area contributed by atoms with Crippen molar-refractivity contribution >= 4 is 17.1 Å². The molecular formula is C8H10N2OS. The maximum Gasteiger partial charge on any atom is 0.165 e. The van der Waals surface area contributed by atoms with Crippen molar-refractivity contribution in [3.8, 4) is 0 Å². The molecular weight excluding hydrogens is 172 g/mol. The Morgan fingerprint density at radius 2 is 2.50 bits per heavy atom. The summed E-state index contributed by atoms with van der Waals surface area (Å²) in [6.45, 7) is 3.66. The molecule has 1 rings (SSSR count). The third kappa shape index (κ3) is 2.23. The highest BCUT2D eigenvalue weighted by Crippen LogP contribution is 2.06. The van der Waals surface area contributed by atoms with Gasteiger partial charge in [0, 0.05) is 0 Å². The van der Waals surface area contributed by atoms with Gasteiger partial charge in [-0.15, -0.1) is 21.5 Å².